The van der Waals surface area contributed by atoms with Crippen LogP contribution in [-0.4, -0.2) is 19.6 Å². The Kier molecular flexibility index (Phi) is 4.34. The van der Waals surface area contributed by atoms with E-state index in [-0.39, 0.29) is 4.47 Å². The summed E-state index contributed by atoms with van der Waals surface area (Å²) in [6, 6.07) is 5.14. The molecular formula is C13H13BrFN3. The molecule has 0 aliphatic carbocycles. The zero-order valence-corrected chi connectivity index (χ0v) is 11.3. The van der Waals surface area contributed by atoms with Gasteiger partial charge in [-0.2, -0.15) is 5.26 Å². The van der Waals surface area contributed by atoms with E-state index in [1.165, 1.54) is 5.57 Å². The van der Waals surface area contributed by atoms with E-state index >= 15 is 0 Å². The van der Waals surface area contributed by atoms with Gasteiger partial charge in [0.25, 0.3) is 0 Å². The van der Waals surface area contributed by atoms with Gasteiger partial charge in [0, 0.05) is 13.1 Å². The summed E-state index contributed by atoms with van der Waals surface area (Å²) >= 11 is 3.10. The Morgan fingerprint density at radius 3 is 3.00 bits per heavy atom. The fourth-order valence-corrected chi connectivity index (χ4v) is 2.25. The average molecular weight is 310 g/mol. The summed E-state index contributed by atoms with van der Waals surface area (Å²) in [7, 11) is 0. The van der Waals surface area contributed by atoms with Gasteiger partial charge in [-0.25, -0.2) is 4.39 Å². The molecular weight excluding hydrogens is 297 g/mol. The highest BCUT2D eigenvalue weighted by molar-refractivity contribution is 9.10. The summed E-state index contributed by atoms with van der Waals surface area (Å²) in [5.41, 5.74) is 1.99. The molecule has 0 atom stereocenters. The number of nitriles is 1. The van der Waals surface area contributed by atoms with Crippen molar-refractivity contribution in [3.8, 4) is 6.07 Å². The molecule has 0 radical (unpaired) electrons. The predicted octanol–water partition coefficient (Wildman–Crippen LogP) is 2.79. The van der Waals surface area contributed by atoms with Crippen LogP contribution in [0.25, 0.3) is 0 Å². The highest BCUT2D eigenvalue weighted by atomic mass is 79.9. The van der Waals surface area contributed by atoms with E-state index in [2.05, 4.69) is 32.6 Å². The lowest BCUT2D eigenvalue weighted by Crippen LogP contribution is -2.23. The molecule has 0 unspecified atom stereocenters. The molecule has 2 N–H and O–H groups in total. The number of hydrogen-bond donors (Lipinski definition) is 2. The van der Waals surface area contributed by atoms with E-state index in [0.717, 1.165) is 19.5 Å². The molecule has 0 saturated carbocycles. The van der Waals surface area contributed by atoms with Crippen molar-refractivity contribution in [3.63, 3.8) is 0 Å². The predicted molar refractivity (Wildman–Crippen MR) is 72.9 cm³/mol. The Bertz CT molecular complexity index is 520. The standard InChI is InChI=1S/C13H13BrFN3/c14-12-10(7-16)1-2-11(13(12)15)18-8-9-3-5-17-6-4-9/h1-3,17-18H,4-6,8H2. The highest BCUT2D eigenvalue weighted by Crippen LogP contribution is 2.26. The maximum atomic E-state index is 13.9. The molecule has 0 bridgehead atoms. The quantitative estimate of drug-likeness (QED) is 0.844. The number of benzene rings is 1. The van der Waals surface area contributed by atoms with Crippen molar-refractivity contribution in [2.24, 2.45) is 0 Å². The first kappa shape index (κ1) is 13.1. The molecule has 94 valence electrons. The van der Waals surface area contributed by atoms with Crippen molar-refractivity contribution in [1.82, 2.24) is 5.32 Å². The monoisotopic (exact) mass is 309 g/mol. The number of rotatable bonds is 3. The van der Waals surface area contributed by atoms with Gasteiger partial charge in [0.1, 0.15) is 6.07 Å². The van der Waals surface area contributed by atoms with E-state index in [4.69, 9.17) is 5.26 Å². The van der Waals surface area contributed by atoms with Crippen LogP contribution in [0.4, 0.5) is 10.1 Å². The fraction of sp³-hybridized carbons (Fsp3) is 0.308. The summed E-state index contributed by atoms with van der Waals surface area (Å²) in [4.78, 5) is 0. The first-order valence-corrected chi connectivity index (χ1v) is 6.52. The van der Waals surface area contributed by atoms with Crippen LogP contribution in [-0.2, 0) is 0 Å². The third-order valence-corrected chi connectivity index (χ3v) is 3.64. The Balaban J connectivity index is 2.08. The normalized spacial score (nSPS) is 14.8. The van der Waals surface area contributed by atoms with Crippen LogP contribution in [0.1, 0.15) is 12.0 Å². The molecule has 1 aromatic rings. The first-order valence-electron chi connectivity index (χ1n) is 5.73. The second-order valence-electron chi connectivity index (χ2n) is 4.07. The molecule has 1 aliphatic rings. The lowest BCUT2D eigenvalue weighted by atomic mass is 10.1. The summed E-state index contributed by atoms with van der Waals surface area (Å²) in [5.74, 6) is -0.413. The minimum Gasteiger partial charge on any atom is -0.379 e. The molecule has 1 heterocycles. The van der Waals surface area contributed by atoms with E-state index in [1.54, 1.807) is 12.1 Å². The summed E-state index contributed by atoms with van der Waals surface area (Å²) in [6.07, 6.45) is 3.10. The molecule has 2 rings (SSSR count). The maximum Gasteiger partial charge on any atom is 0.161 e. The van der Waals surface area contributed by atoms with Gasteiger partial charge in [-0.05, 0) is 41.0 Å². The van der Waals surface area contributed by atoms with Gasteiger partial charge in [-0.15, -0.1) is 0 Å². The summed E-state index contributed by atoms with van der Waals surface area (Å²) in [6.45, 7) is 2.47. The molecule has 0 saturated heterocycles. The van der Waals surface area contributed by atoms with Gasteiger partial charge >= 0.3 is 0 Å². The Morgan fingerprint density at radius 1 is 1.50 bits per heavy atom. The summed E-state index contributed by atoms with van der Waals surface area (Å²) < 4.78 is 14.1. The number of nitrogens with one attached hydrogen (secondary N) is 2. The van der Waals surface area contributed by atoms with Gasteiger partial charge in [0.15, 0.2) is 5.82 Å². The van der Waals surface area contributed by atoms with Crippen LogP contribution in [0, 0.1) is 17.1 Å². The SMILES string of the molecule is N#Cc1ccc(NCC2=CCNCC2)c(F)c1Br. The lowest BCUT2D eigenvalue weighted by molar-refractivity contribution is 0.623. The molecule has 0 amide bonds. The van der Waals surface area contributed by atoms with Crippen LogP contribution in [0.5, 0.6) is 0 Å². The van der Waals surface area contributed by atoms with Crippen LogP contribution in [0.15, 0.2) is 28.3 Å². The zero-order valence-electron chi connectivity index (χ0n) is 9.76. The Morgan fingerprint density at radius 2 is 2.33 bits per heavy atom. The van der Waals surface area contributed by atoms with E-state index in [1.807, 2.05) is 6.07 Å². The lowest BCUT2D eigenvalue weighted by Gasteiger charge is -2.16. The second kappa shape index (κ2) is 5.98. The molecule has 5 heteroatoms. The molecule has 0 fully saturated rings. The largest absolute Gasteiger partial charge is 0.379 e. The van der Waals surface area contributed by atoms with E-state index in [0.29, 0.717) is 17.8 Å². The van der Waals surface area contributed by atoms with Gasteiger partial charge < -0.3 is 10.6 Å². The smallest absolute Gasteiger partial charge is 0.161 e. The number of halogens is 2. The van der Waals surface area contributed by atoms with E-state index < -0.39 is 5.82 Å². The minimum atomic E-state index is -0.413. The molecule has 18 heavy (non-hydrogen) atoms. The number of nitrogens with zero attached hydrogens (tertiary/aromatic N) is 1. The van der Waals surface area contributed by atoms with E-state index in [9.17, 15) is 4.39 Å². The topological polar surface area (TPSA) is 47.9 Å². The Hall–Kier alpha value is -1.38. The molecule has 1 aromatic carbocycles. The van der Waals surface area contributed by atoms with Crippen LogP contribution >= 0.6 is 15.9 Å². The number of anilines is 1. The van der Waals surface area contributed by atoms with Crippen molar-refractivity contribution in [2.75, 3.05) is 25.0 Å². The highest BCUT2D eigenvalue weighted by Gasteiger charge is 2.11. The van der Waals surface area contributed by atoms with Gasteiger partial charge in [0.2, 0.25) is 0 Å². The van der Waals surface area contributed by atoms with Crippen LogP contribution in [0.3, 0.4) is 0 Å². The van der Waals surface area contributed by atoms with Crippen molar-refractivity contribution in [1.29, 1.82) is 5.26 Å². The van der Waals surface area contributed by atoms with Crippen molar-refractivity contribution in [3.05, 3.63) is 39.6 Å². The third kappa shape index (κ3) is 2.89. The van der Waals surface area contributed by atoms with Crippen molar-refractivity contribution >= 4 is 21.6 Å². The molecule has 0 spiro atoms. The van der Waals surface area contributed by atoms with Gasteiger partial charge in [-0.1, -0.05) is 11.6 Å². The maximum absolute atomic E-state index is 13.9. The first-order chi connectivity index (χ1) is 8.72. The second-order valence-corrected chi connectivity index (χ2v) is 4.86. The third-order valence-electron chi connectivity index (χ3n) is 2.87. The minimum absolute atomic E-state index is 0.217. The average Bonchev–Trinajstić information content (AvgIpc) is 2.42. The zero-order chi connectivity index (χ0) is 13.0. The molecule has 1 aliphatic heterocycles. The van der Waals surface area contributed by atoms with Crippen molar-refractivity contribution < 1.29 is 4.39 Å². The Labute approximate surface area is 114 Å². The van der Waals surface area contributed by atoms with Gasteiger partial charge in [-0.3, -0.25) is 0 Å². The number of hydrogen-bond acceptors (Lipinski definition) is 3. The fourth-order valence-electron chi connectivity index (χ4n) is 1.81. The summed E-state index contributed by atoms with van der Waals surface area (Å²) in [5, 5.41) is 15.1. The van der Waals surface area contributed by atoms with Gasteiger partial charge in [0.05, 0.1) is 15.7 Å². The molecule has 0 aromatic heterocycles. The van der Waals surface area contributed by atoms with Crippen LogP contribution in [0.2, 0.25) is 0 Å². The molecule has 3 nitrogen and oxygen atoms in total. The van der Waals surface area contributed by atoms with Crippen molar-refractivity contribution in [2.45, 2.75) is 6.42 Å². The van der Waals surface area contributed by atoms with Crippen LogP contribution < -0.4 is 10.6 Å².